The Balaban J connectivity index is 1.77. The van der Waals surface area contributed by atoms with Crippen LogP contribution in [0.2, 0.25) is 0 Å². The van der Waals surface area contributed by atoms with Crippen LogP contribution in [0.3, 0.4) is 0 Å². The first-order valence-electron chi connectivity index (χ1n) is 6.93. The summed E-state index contributed by atoms with van der Waals surface area (Å²) < 4.78 is 3.35. The Morgan fingerprint density at radius 3 is 2.90 bits per heavy atom. The average Bonchev–Trinajstić information content (AvgIpc) is 3.37. The summed E-state index contributed by atoms with van der Waals surface area (Å²) in [5, 5.41) is 0. The Hall–Kier alpha value is -2.07. The molecule has 1 aromatic heterocycles. The minimum atomic E-state index is 0.667. The van der Waals surface area contributed by atoms with E-state index in [2.05, 4.69) is 34.1 Å². The molecule has 0 aliphatic heterocycles. The fourth-order valence-electron chi connectivity index (χ4n) is 2.19. The summed E-state index contributed by atoms with van der Waals surface area (Å²) in [4.78, 5) is 9.69. The fourth-order valence-corrected chi connectivity index (χ4v) is 2.89. The molecule has 3 nitrogen and oxygen atoms in total. The number of anilines is 1. The van der Waals surface area contributed by atoms with Gasteiger partial charge in [-0.2, -0.15) is 0 Å². The zero-order chi connectivity index (χ0) is 14.7. The molecule has 0 unspecified atom stereocenters. The average molecular weight is 295 g/mol. The van der Waals surface area contributed by atoms with E-state index in [0.29, 0.717) is 5.92 Å². The van der Waals surface area contributed by atoms with Crippen molar-refractivity contribution < 1.29 is 0 Å². The molecule has 0 amide bonds. The largest absolute Gasteiger partial charge is 0.324 e. The maximum Gasteiger partial charge on any atom is 0.0934 e. The molecule has 1 fully saturated rings. The van der Waals surface area contributed by atoms with Crippen LogP contribution in [0.4, 0.5) is 11.4 Å². The fraction of sp³-hybridized carbons (Fsp3) is 0.176. The van der Waals surface area contributed by atoms with E-state index in [4.69, 9.17) is 0 Å². The lowest BCUT2D eigenvalue weighted by atomic mass is 10.1. The van der Waals surface area contributed by atoms with Gasteiger partial charge in [0.25, 0.3) is 0 Å². The van der Waals surface area contributed by atoms with Crippen LogP contribution in [0.1, 0.15) is 30.0 Å². The topological polar surface area (TPSA) is 37.3 Å². The zero-order valence-corrected chi connectivity index (χ0v) is 12.6. The first kappa shape index (κ1) is 13.9. The van der Waals surface area contributed by atoms with Gasteiger partial charge in [0.2, 0.25) is 0 Å². The number of para-hydroxylation sites is 1. The van der Waals surface area contributed by atoms with E-state index in [9.17, 15) is 0 Å². The van der Waals surface area contributed by atoms with Crippen LogP contribution in [-0.4, -0.2) is 11.7 Å². The molecule has 1 aliphatic carbocycles. The van der Waals surface area contributed by atoms with Crippen LogP contribution in [-0.2, 0) is 0 Å². The lowest BCUT2D eigenvalue weighted by Crippen LogP contribution is -1.91. The molecule has 2 aromatic rings. The van der Waals surface area contributed by atoms with Gasteiger partial charge in [-0.15, -0.1) is 0 Å². The molecule has 4 heteroatoms. The van der Waals surface area contributed by atoms with E-state index in [-0.39, 0.29) is 0 Å². The van der Waals surface area contributed by atoms with Gasteiger partial charge >= 0.3 is 0 Å². The van der Waals surface area contributed by atoms with E-state index in [1.165, 1.54) is 18.5 Å². The van der Waals surface area contributed by atoms with Crippen molar-refractivity contribution in [1.29, 1.82) is 0 Å². The highest BCUT2D eigenvalue weighted by Crippen LogP contribution is 2.40. The molecular formula is C17H17N3S. The predicted octanol–water partition coefficient (Wildman–Crippen LogP) is 5.05. The molecule has 3 rings (SSSR count). The number of hydrogen-bond donors (Lipinski definition) is 1. The molecule has 21 heavy (non-hydrogen) atoms. The smallest absolute Gasteiger partial charge is 0.0934 e. The molecule has 1 N–H and O–H groups in total. The highest BCUT2D eigenvalue weighted by atomic mass is 32.2. The molecule has 1 saturated carbocycles. The Morgan fingerprint density at radius 1 is 1.33 bits per heavy atom. The van der Waals surface area contributed by atoms with Crippen molar-refractivity contribution in [3.05, 3.63) is 54.4 Å². The quantitative estimate of drug-likeness (QED) is 0.598. The number of pyridine rings is 1. The number of nitrogens with one attached hydrogen (secondary N) is 1. The maximum absolute atomic E-state index is 4.43. The van der Waals surface area contributed by atoms with Crippen molar-refractivity contribution >= 4 is 36.1 Å². The Bertz CT molecular complexity index is 677. The normalized spacial score (nSPS) is 13.7. The molecule has 0 atom stereocenters. The highest BCUT2D eigenvalue weighted by Gasteiger charge is 2.24. The molecule has 0 saturated heterocycles. The van der Waals surface area contributed by atoms with Crippen LogP contribution in [0.15, 0.2) is 53.0 Å². The second-order valence-corrected chi connectivity index (χ2v) is 5.88. The number of nitrogens with zero attached hydrogens (tertiary/aromatic N) is 2. The summed E-state index contributed by atoms with van der Waals surface area (Å²) in [6, 6.07) is 10.1. The number of hydrogen-bond acceptors (Lipinski definition) is 4. The van der Waals surface area contributed by atoms with Crippen molar-refractivity contribution in [2.75, 3.05) is 4.72 Å². The van der Waals surface area contributed by atoms with Gasteiger partial charge < -0.3 is 4.72 Å². The molecule has 1 heterocycles. The van der Waals surface area contributed by atoms with Gasteiger partial charge in [-0.3, -0.25) is 9.98 Å². The van der Waals surface area contributed by atoms with E-state index in [0.717, 1.165) is 21.8 Å². The molecule has 0 bridgehead atoms. The monoisotopic (exact) mass is 295 g/mol. The molecule has 106 valence electrons. The van der Waals surface area contributed by atoms with Gasteiger partial charge in [0, 0.05) is 28.3 Å². The van der Waals surface area contributed by atoms with Crippen molar-refractivity contribution in [2.24, 2.45) is 4.99 Å². The molecule has 0 spiro atoms. The summed E-state index contributed by atoms with van der Waals surface area (Å²) in [6.07, 6.45) is 6.20. The van der Waals surface area contributed by atoms with E-state index in [1.807, 2.05) is 30.5 Å². The number of aliphatic imine (C=N–C) groups is 1. The Labute approximate surface area is 129 Å². The lowest BCUT2D eigenvalue weighted by molar-refractivity contribution is 1.01. The van der Waals surface area contributed by atoms with Crippen LogP contribution in [0.25, 0.3) is 6.08 Å². The molecular weight excluding hydrogens is 278 g/mol. The SMILES string of the molecule is C=Cc1cccc(NSc2ccnc(C3CC3)c2)c1N=C. The summed E-state index contributed by atoms with van der Waals surface area (Å²) in [5.74, 6) is 0.667. The second-order valence-electron chi connectivity index (χ2n) is 5.00. The first-order chi connectivity index (χ1) is 10.3. The highest BCUT2D eigenvalue weighted by molar-refractivity contribution is 8.00. The van der Waals surface area contributed by atoms with Crippen molar-refractivity contribution in [3.8, 4) is 0 Å². The summed E-state index contributed by atoms with van der Waals surface area (Å²) in [7, 11) is 0. The van der Waals surface area contributed by atoms with Crippen molar-refractivity contribution in [2.45, 2.75) is 23.7 Å². The standard InChI is InChI=1S/C17H17N3S/c1-3-12-5-4-6-15(17(12)18-2)20-21-14-9-10-19-16(11-14)13-7-8-13/h3-6,9-11,13,20H,1-2,7-8H2. The third-order valence-corrected chi connectivity index (χ3v) is 4.28. The first-order valence-corrected chi connectivity index (χ1v) is 7.74. The number of rotatable bonds is 6. The van der Waals surface area contributed by atoms with Gasteiger partial charge in [-0.1, -0.05) is 24.8 Å². The lowest BCUT2D eigenvalue weighted by Gasteiger charge is -2.10. The second kappa shape index (κ2) is 6.14. The molecule has 1 aliphatic rings. The summed E-state index contributed by atoms with van der Waals surface area (Å²) >= 11 is 1.57. The predicted molar refractivity (Wildman–Crippen MR) is 91.4 cm³/mol. The van der Waals surface area contributed by atoms with E-state index >= 15 is 0 Å². The molecule has 0 radical (unpaired) electrons. The minimum absolute atomic E-state index is 0.667. The van der Waals surface area contributed by atoms with Gasteiger partial charge in [0.1, 0.15) is 0 Å². The third kappa shape index (κ3) is 3.16. The number of aromatic nitrogens is 1. The maximum atomic E-state index is 4.43. The van der Waals surface area contributed by atoms with Gasteiger partial charge in [0.15, 0.2) is 0 Å². The Kier molecular flexibility index (Phi) is 4.06. The van der Waals surface area contributed by atoms with Gasteiger partial charge in [-0.25, -0.2) is 0 Å². The third-order valence-electron chi connectivity index (χ3n) is 3.47. The van der Waals surface area contributed by atoms with Crippen molar-refractivity contribution in [3.63, 3.8) is 0 Å². The van der Waals surface area contributed by atoms with E-state index in [1.54, 1.807) is 18.0 Å². The van der Waals surface area contributed by atoms with Crippen LogP contribution >= 0.6 is 11.9 Å². The van der Waals surface area contributed by atoms with E-state index < -0.39 is 0 Å². The Morgan fingerprint density at radius 2 is 2.19 bits per heavy atom. The molecule has 1 aromatic carbocycles. The minimum Gasteiger partial charge on any atom is -0.324 e. The summed E-state index contributed by atoms with van der Waals surface area (Å²) in [6.45, 7) is 7.45. The summed E-state index contributed by atoms with van der Waals surface area (Å²) in [5.41, 5.74) is 3.95. The van der Waals surface area contributed by atoms with Gasteiger partial charge in [-0.05, 0) is 49.7 Å². The van der Waals surface area contributed by atoms with Crippen LogP contribution in [0, 0.1) is 0 Å². The van der Waals surface area contributed by atoms with Crippen molar-refractivity contribution in [1.82, 2.24) is 4.98 Å². The van der Waals surface area contributed by atoms with Crippen LogP contribution in [0.5, 0.6) is 0 Å². The number of benzene rings is 1. The van der Waals surface area contributed by atoms with Gasteiger partial charge in [0.05, 0.1) is 11.4 Å². The van der Waals surface area contributed by atoms with Crippen LogP contribution < -0.4 is 4.72 Å². The zero-order valence-electron chi connectivity index (χ0n) is 11.7.